The minimum atomic E-state index is -0.783. The highest BCUT2D eigenvalue weighted by atomic mass is 79.9. The molecule has 0 saturated carbocycles. The number of fused-ring (bicyclic) bond motifs is 1. The number of benzene rings is 1. The molecule has 0 saturated heterocycles. The van der Waals surface area contributed by atoms with E-state index in [1.54, 1.807) is 25.4 Å². The van der Waals surface area contributed by atoms with Gasteiger partial charge in [0.05, 0.1) is 12.6 Å². The number of amides is 1. The third-order valence-corrected chi connectivity index (χ3v) is 4.38. The molecule has 1 amide bonds. The predicted octanol–water partition coefficient (Wildman–Crippen LogP) is 2.74. The molecule has 1 unspecified atom stereocenters. The Morgan fingerprint density at radius 3 is 2.75 bits per heavy atom. The van der Waals surface area contributed by atoms with Crippen LogP contribution in [0, 0.1) is 0 Å². The van der Waals surface area contributed by atoms with Crippen LogP contribution in [-0.4, -0.2) is 41.7 Å². The van der Waals surface area contributed by atoms with Gasteiger partial charge >= 0.3 is 5.97 Å². The zero-order chi connectivity index (χ0) is 17.7. The fourth-order valence-electron chi connectivity index (χ4n) is 2.01. The number of rotatable bonds is 6. The summed E-state index contributed by atoms with van der Waals surface area (Å²) in [7, 11) is 1.27. The average Bonchev–Trinajstić information content (AvgIpc) is 2.58. The quantitative estimate of drug-likeness (QED) is 0.580. The highest BCUT2D eigenvalue weighted by Crippen LogP contribution is 2.24. The molecule has 1 N–H and O–H groups in total. The van der Waals surface area contributed by atoms with Gasteiger partial charge in [0.15, 0.2) is 0 Å². The summed E-state index contributed by atoms with van der Waals surface area (Å²) in [5.74, 6) is -0.361. The fraction of sp³-hybridized carbons (Fsp3) is 0.312. The zero-order valence-electron chi connectivity index (χ0n) is 13.4. The van der Waals surface area contributed by atoms with Gasteiger partial charge in [-0.1, -0.05) is 0 Å². The fourth-order valence-corrected chi connectivity index (χ4v) is 2.84. The standard InChI is InChI=1S/C16H17BrN2O4S/c1-9(15(21)22-2)19-14(20)16(24-3)23-12-4-5-13-10(7-12)6-11(17)8-18-13/h4-9,16H,1-3H3,(H,19,20)/t9-,16?/m0/s1. The van der Waals surface area contributed by atoms with E-state index in [1.165, 1.54) is 18.9 Å². The van der Waals surface area contributed by atoms with Gasteiger partial charge in [0.25, 0.3) is 5.91 Å². The van der Waals surface area contributed by atoms with Gasteiger partial charge < -0.3 is 14.8 Å². The van der Waals surface area contributed by atoms with Gasteiger partial charge in [-0.2, -0.15) is 0 Å². The summed E-state index contributed by atoms with van der Waals surface area (Å²) in [6, 6.07) is 6.57. The molecule has 2 atom stereocenters. The van der Waals surface area contributed by atoms with Crippen LogP contribution in [0.25, 0.3) is 10.9 Å². The van der Waals surface area contributed by atoms with E-state index < -0.39 is 23.4 Å². The van der Waals surface area contributed by atoms with Crippen molar-refractivity contribution in [2.45, 2.75) is 18.4 Å². The van der Waals surface area contributed by atoms with Crippen LogP contribution in [-0.2, 0) is 14.3 Å². The highest BCUT2D eigenvalue weighted by Gasteiger charge is 2.24. The molecule has 0 radical (unpaired) electrons. The summed E-state index contributed by atoms with van der Waals surface area (Å²) >= 11 is 4.61. The molecule has 0 bridgehead atoms. The zero-order valence-corrected chi connectivity index (χ0v) is 15.8. The van der Waals surface area contributed by atoms with Gasteiger partial charge in [-0.15, -0.1) is 11.8 Å². The Kier molecular flexibility index (Phi) is 6.44. The summed E-state index contributed by atoms with van der Waals surface area (Å²) < 4.78 is 11.2. The number of aromatic nitrogens is 1. The number of nitrogens with one attached hydrogen (secondary N) is 1. The molecule has 1 aromatic heterocycles. The monoisotopic (exact) mass is 412 g/mol. The molecule has 1 heterocycles. The lowest BCUT2D eigenvalue weighted by Crippen LogP contribution is -2.45. The number of halogens is 1. The van der Waals surface area contributed by atoms with E-state index in [4.69, 9.17) is 4.74 Å². The van der Waals surface area contributed by atoms with Crippen LogP contribution in [0.4, 0.5) is 0 Å². The first-order chi connectivity index (χ1) is 11.4. The molecule has 6 nitrogen and oxygen atoms in total. The molecule has 2 aromatic rings. The second-order valence-electron chi connectivity index (χ2n) is 4.95. The van der Waals surface area contributed by atoms with Crippen molar-refractivity contribution in [2.24, 2.45) is 0 Å². The van der Waals surface area contributed by atoms with E-state index in [0.29, 0.717) is 5.75 Å². The molecule has 2 rings (SSSR count). The Hall–Kier alpha value is -1.80. The molecular formula is C16H17BrN2O4S. The van der Waals surface area contributed by atoms with E-state index >= 15 is 0 Å². The van der Waals surface area contributed by atoms with Gasteiger partial charge in [0, 0.05) is 16.1 Å². The van der Waals surface area contributed by atoms with Gasteiger partial charge in [-0.05, 0) is 53.4 Å². The molecule has 24 heavy (non-hydrogen) atoms. The van der Waals surface area contributed by atoms with Crippen LogP contribution < -0.4 is 10.1 Å². The maximum absolute atomic E-state index is 12.2. The summed E-state index contributed by atoms with van der Waals surface area (Å²) in [6.45, 7) is 1.56. The number of ether oxygens (including phenoxy) is 2. The van der Waals surface area contributed by atoms with Crippen molar-refractivity contribution < 1.29 is 19.1 Å². The molecule has 1 aromatic carbocycles. The van der Waals surface area contributed by atoms with Gasteiger partial charge in [-0.25, -0.2) is 4.79 Å². The topological polar surface area (TPSA) is 77.5 Å². The summed E-state index contributed by atoms with van der Waals surface area (Å²) in [5.41, 5.74) is 0.0460. The minimum Gasteiger partial charge on any atom is -0.470 e. The van der Waals surface area contributed by atoms with Crippen molar-refractivity contribution in [3.63, 3.8) is 0 Å². The second kappa shape index (κ2) is 8.34. The van der Waals surface area contributed by atoms with Gasteiger partial charge in [-0.3, -0.25) is 9.78 Å². The Bertz CT molecular complexity index is 756. The van der Waals surface area contributed by atoms with E-state index in [-0.39, 0.29) is 0 Å². The molecule has 0 aliphatic rings. The molecule has 0 spiro atoms. The van der Waals surface area contributed by atoms with Crippen LogP contribution >= 0.6 is 27.7 Å². The van der Waals surface area contributed by atoms with E-state index in [1.807, 2.05) is 18.2 Å². The Labute approximate surface area is 152 Å². The number of carbonyl (C=O) groups is 2. The Balaban J connectivity index is 2.11. The Morgan fingerprint density at radius 2 is 2.08 bits per heavy atom. The molecule has 8 heteroatoms. The van der Waals surface area contributed by atoms with Crippen LogP contribution in [0.1, 0.15) is 6.92 Å². The largest absolute Gasteiger partial charge is 0.470 e. The van der Waals surface area contributed by atoms with Crippen molar-refractivity contribution >= 4 is 50.5 Å². The first-order valence-electron chi connectivity index (χ1n) is 7.07. The Morgan fingerprint density at radius 1 is 1.33 bits per heavy atom. The minimum absolute atomic E-state index is 0.395. The first-order valence-corrected chi connectivity index (χ1v) is 9.15. The first kappa shape index (κ1) is 18.5. The SMILES string of the molecule is COC(=O)[C@H](C)NC(=O)C(Oc1ccc2ncc(Br)cc2c1)SC. The van der Waals surface area contributed by atoms with E-state index in [0.717, 1.165) is 15.4 Å². The summed E-state index contributed by atoms with van der Waals surface area (Å²) in [4.78, 5) is 27.9. The van der Waals surface area contributed by atoms with Crippen LogP contribution in [0.3, 0.4) is 0 Å². The smallest absolute Gasteiger partial charge is 0.328 e. The van der Waals surface area contributed by atoms with Crippen molar-refractivity contribution in [3.05, 3.63) is 34.9 Å². The lowest BCUT2D eigenvalue weighted by molar-refractivity contribution is -0.144. The summed E-state index contributed by atoms with van der Waals surface area (Å²) in [6.07, 6.45) is 3.47. The maximum Gasteiger partial charge on any atom is 0.328 e. The van der Waals surface area contributed by atoms with Crippen molar-refractivity contribution in [1.29, 1.82) is 0 Å². The molecule has 0 aliphatic carbocycles. The number of carbonyl (C=O) groups excluding carboxylic acids is 2. The number of pyridine rings is 1. The number of hydrogen-bond acceptors (Lipinski definition) is 6. The highest BCUT2D eigenvalue weighted by molar-refractivity contribution is 9.10. The number of nitrogens with zero attached hydrogens (tertiary/aromatic N) is 1. The third kappa shape index (κ3) is 4.61. The van der Waals surface area contributed by atoms with Crippen molar-refractivity contribution in [3.8, 4) is 5.75 Å². The third-order valence-electron chi connectivity index (χ3n) is 3.20. The lowest BCUT2D eigenvalue weighted by Gasteiger charge is -2.19. The number of thioether (sulfide) groups is 1. The van der Waals surface area contributed by atoms with Crippen molar-refractivity contribution in [2.75, 3.05) is 13.4 Å². The van der Waals surface area contributed by atoms with Crippen LogP contribution in [0.2, 0.25) is 0 Å². The number of methoxy groups -OCH3 is 1. The lowest BCUT2D eigenvalue weighted by atomic mass is 10.2. The maximum atomic E-state index is 12.2. The van der Waals surface area contributed by atoms with Gasteiger partial charge in [0.1, 0.15) is 11.8 Å². The molecule has 0 aliphatic heterocycles. The van der Waals surface area contributed by atoms with Crippen LogP contribution in [0.15, 0.2) is 34.9 Å². The number of hydrogen-bond donors (Lipinski definition) is 1. The van der Waals surface area contributed by atoms with E-state index in [2.05, 4.69) is 31.0 Å². The normalized spacial score (nSPS) is 13.2. The van der Waals surface area contributed by atoms with Gasteiger partial charge in [0.2, 0.25) is 5.44 Å². The summed E-state index contributed by atoms with van der Waals surface area (Å²) in [5, 5.41) is 3.46. The van der Waals surface area contributed by atoms with E-state index in [9.17, 15) is 9.59 Å². The number of esters is 1. The average molecular weight is 413 g/mol. The van der Waals surface area contributed by atoms with Crippen molar-refractivity contribution in [1.82, 2.24) is 10.3 Å². The molecular weight excluding hydrogens is 396 g/mol. The predicted molar refractivity (Wildman–Crippen MR) is 97.0 cm³/mol. The molecule has 0 fully saturated rings. The molecule has 128 valence electrons. The second-order valence-corrected chi connectivity index (χ2v) is 6.76. The van der Waals surface area contributed by atoms with Crippen LogP contribution in [0.5, 0.6) is 5.75 Å².